The fourth-order valence-electron chi connectivity index (χ4n) is 1.75. The number of halogens is 4. The molecule has 1 unspecified atom stereocenters. The molecule has 1 aromatic rings. The molecule has 0 aliphatic heterocycles. The first-order valence-electron chi connectivity index (χ1n) is 5.49. The van der Waals surface area contributed by atoms with Crippen molar-refractivity contribution < 1.29 is 22.3 Å². The zero-order chi connectivity index (χ0) is 13.8. The maximum absolute atomic E-state index is 13.1. The molecule has 0 spiro atoms. The molecule has 1 N–H and O–H groups in total. The molecule has 2 nitrogen and oxygen atoms in total. The zero-order valence-corrected chi connectivity index (χ0v) is 10.1. The Kier molecular flexibility index (Phi) is 5.10. The lowest BCUT2D eigenvalue weighted by molar-refractivity contribution is -0.138. The molecule has 18 heavy (non-hydrogen) atoms. The van der Waals surface area contributed by atoms with Gasteiger partial charge in [-0.15, -0.1) is 0 Å². The molecule has 0 fully saturated rings. The molecule has 0 saturated heterocycles. The van der Waals surface area contributed by atoms with E-state index in [0.29, 0.717) is 6.54 Å². The van der Waals surface area contributed by atoms with E-state index < -0.39 is 23.6 Å². The van der Waals surface area contributed by atoms with Gasteiger partial charge in [-0.25, -0.2) is 4.39 Å². The highest BCUT2D eigenvalue weighted by Crippen LogP contribution is 2.35. The first-order valence-corrected chi connectivity index (χ1v) is 5.49. The number of benzene rings is 1. The second-order valence-corrected chi connectivity index (χ2v) is 3.79. The summed E-state index contributed by atoms with van der Waals surface area (Å²) in [4.78, 5) is 0. The van der Waals surface area contributed by atoms with Gasteiger partial charge in [0, 0.05) is 7.11 Å². The van der Waals surface area contributed by atoms with E-state index in [1.54, 1.807) is 6.92 Å². The Morgan fingerprint density at radius 2 is 2.00 bits per heavy atom. The Balaban J connectivity index is 3.21. The predicted octanol–water partition coefficient (Wildman–Crippen LogP) is 3.14. The maximum atomic E-state index is 13.1. The minimum Gasteiger partial charge on any atom is -0.383 e. The topological polar surface area (TPSA) is 21.3 Å². The van der Waals surface area contributed by atoms with Crippen molar-refractivity contribution in [1.29, 1.82) is 0 Å². The van der Waals surface area contributed by atoms with E-state index in [4.69, 9.17) is 4.74 Å². The van der Waals surface area contributed by atoms with Crippen molar-refractivity contribution in [3.8, 4) is 0 Å². The van der Waals surface area contributed by atoms with Gasteiger partial charge in [-0.2, -0.15) is 13.2 Å². The summed E-state index contributed by atoms with van der Waals surface area (Å²) in [7, 11) is 1.39. The second kappa shape index (κ2) is 6.15. The highest BCUT2D eigenvalue weighted by atomic mass is 19.4. The third kappa shape index (κ3) is 3.68. The van der Waals surface area contributed by atoms with E-state index in [2.05, 4.69) is 5.32 Å². The van der Waals surface area contributed by atoms with Crippen LogP contribution in [0.5, 0.6) is 0 Å². The molecule has 0 amide bonds. The lowest BCUT2D eigenvalue weighted by atomic mass is 10.00. The van der Waals surface area contributed by atoms with Crippen LogP contribution in [-0.2, 0) is 10.9 Å². The minimum atomic E-state index is -4.51. The van der Waals surface area contributed by atoms with Gasteiger partial charge < -0.3 is 10.1 Å². The summed E-state index contributed by atoms with van der Waals surface area (Å²) in [6, 6.07) is 1.77. The molecule has 1 aromatic carbocycles. The van der Waals surface area contributed by atoms with Crippen molar-refractivity contribution in [3.63, 3.8) is 0 Å². The molecule has 102 valence electrons. The van der Waals surface area contributed by atoms with Crippen molar-refractivity contribution in [2.75, 3.05) is 20.3 Å². The van der Waals surface area contributed by atoms with E-state index in [9.17, 15) is 17.6 Å². The fourth-order valence-corrected chi connectivity index (χ4v) is 1.75. The summed E-state index contributed by atoms with van der Waals surface area (Å²) >= 11 is 0. The van der Waals surface area contributed by atoms with Crippen LogP contribution in [0.3, 0.4) is 0 Å². The van der Waals surface area contributed by atoms with Crippen LogP contribution in [0.4, 0.5) is 17.6 Å². The van der Waals surface area contributed by atoms with Crippen LogP contribution in [0.25, 0.3) is 0 Å². The van der Waals surface area contributed by atoms with Gasteiger partial charge >= 0.3 is 6.18 Å². The van der Waals surface area contributed by atoms with Gasteiger partial charge in [0.05, 0.1) is 18.2 Å². The summed E-state index contributed by atoms with van der Waals surface area (Å²) in [5.41, 5.74) is -0.974. The number of methoxy groups -OCH3 is 1. The average Bonchev–Trinajstić information content (AvgIpc) is 2.27. The van der Waals surface area contributed by atoms with Crippen LogP contribution in [0.15, 0.2) is 18.2 Å². The number of rotatable bonds is 5. The molecule has 0 heterocycles. The van der Waals surface area contributed by atoms with Gasteiger partial charge in [-0.05, 0) is 30.3 Å². The van der Waals surface area contributed by atoms with Crippen molar-refractivity contribution in [3.05, 3.63) is 35.1 Å². The molecular formula is C12H15F4NO. The molecule has 0 saturated carbocycles. The summed E-state index contributed by atoms with van der Waals surface area (Å²) < 4.78 is 56.5. The SMILES string of the molecule is CCNC(COC)c1cc(F)ccc1C(F)(F)F. The van der Waals surface area contributed by atoms with Crippen molar-refractivity contribution in [2.24, 2.45) is 0 Å². The monoisotopic (exact) mass is 265 g/mol. The summed E-state index contributed by atoms with van der Waals surface area (Å²) in [6.07, 6.45) is -4.51. The zero-order valence-electron chi connectivity index (χ0n) is 10.1. The molecule has 0 radical (unpaired) electrons. The Labute approximate surface area is 103 Å². The van der Waals surface area contributed by atoms with E-state index in [-0.39, 0.29) is 12.2 Å². The molecule has 1 rings (SSSR count). The molecule has 0 bridgehead atoms. The summed E-state index contributed by atoms with van der Waals surface area (Å²) in [5.74, 6) is -0.697. The third-order valence-corrected chi connectivity index (χ3v) is 2.48. The van der Waals surface area contributed by atoms with Gasteiger partial charge in [0.25, 0.3) is 0 Å². The Morgan fingerprint density at radius 1 is 1.33 bits per heavy atom. The van der Waals surface area contributed by atoms with E-state index in [1.165, 1.54) is 7.11 Å². The van der Waals surface area contributed by atoms with E-state index in [0.717, 1.165) is 18.2 Å². The van der Waals surface area contributed by atoms with E-state index in [1.807, 2.05) is 0 Å². The average molecular weight is 265 g/mol. The predicted molar refractivity (Wildman–Crippen MR) is 59.7 cm³/mol. The van der Waals surface area contributed by atoms with Crippen molar-refractivity contribution in [1.82, 2.24) is 5.32 Å². The van der Waals surface area contributed by atoms with Crippen LogP contribution >= 0.6 is 0 Å². The number of hydrogen-bond acceptors (Lipinski definition) is 2. The van der Waals surface area contributed by atoms with Crippen molar-refractivity contribution in [2.45, 2.75) is 19.1 Å². The largest absolute Gasteiger partial charge is 0.416 e. The highest BCUT2D eigenvalue weighted by Gasteiger charge is 2.35. The van der Waals surface area contributed by atoms with Gasteiger partial charge in [0.2, 0.25) is 0 Å². The molecular weight excluding hydrogens is 250 g/mol. The molecule has 0 aromatic heterocycles. The number of likely N-dealkylation sites (N-methyl/N-ethyl adjacent to an activating group) is 1. The summed E-state index contributed by atoms with van der Waals surface area (Å²) in [5, 5.41) is 2.85. The van der Waals surface area contributed by atoms with Gasteiger partial charge in [0.15, 0.2) is 0 Å². The number of hydrogen-bond donors (Lipinski definition) is 1. The lowest BCUT2D eigenvalue weighted by Crippen LogP contribution is -2.27. The first kappa shape index (κ1) is 14.9. The quantitative estimate of drug-likeness (QED) is 0.826. The molecule has 0 aliphatic rings. The van der Waals surface area contributed by atoms with Crippen LogP contribution in [0.2, 0.25) is 0 Å². The van der Waals surface area contributed by atoms with Gasteiger partial charge in [0.1, 0.15) is 5.82 Å². The van der Waals surface area contributed by atoms with Gasteiger partial charge in [-0.3, -0.25) is 0 Å². The minimum absolute atomic E-state index is 0.0420. The van der Waals surface area contributed by atoms with Crippen LogP contribution in [0, 0.1) is 5.82 Å². The Hall–Kier alpha value is -1.14. The van der Waals surface area contributed by atoms with E-state index >= 15 is 0 Å². The van der Waals surface area contributed by atoms with Crippen LogP contribution in [-0.4, -0.2) is 20.3 Å². The number of ether oxygens (including phenoxy) is 1. The van der Waals surface area contributed by atoms with Crippen LogP contribution in [0.1, 0.15) is 24.1 Å². The molecule has 6 heteroatoms. The molecule has 1 atom stereocenters. The van der Waals surface area contributed by atoms with Crippen molar-refractivity contribution >= 4 is 0 Å². The lowest BCUT2D eigenvalue weighted by Gasteiger charge is -2.21. The maximum Gasteiger partial charge on any atom is 0.416 e. The number of nitrogens with one attached hydrogen (secondary N) is 1. The van der Waals surface area contributed by atoms with Crippen LogP contribution < -0.4 is 5.32 Å². The smallest absolute Gasteiger partial charge is 0.383 e. The Morgan fingerprint density at radius 3 is 2.50 bits per heavy atom. The fraction of sp³-hybridized carbons (Fsp3) is 0.500. The highest BCUT2D eigenvalue weighted by molar-refractivity contribution is 5.33. The molecule has 0 aliphatic carbocycles. The standard InChI is InChI=1S/C12H15F4NO/c1-3-17-11(7-18-2)9-6-8(13)4-5-10(9)12(14,15)16/h4-6,11,17H,3,7H2,1-2H3. The Bertz CT molecular complexity index is 386. The first-order chi connectivity index (χ1) is 8.40. The number of alkyl halides is 3. The van der Waals surface area contributed by atoms with Gasteiger partial charge in [-0.1, -0.05) is 6.92 Å². The third-order valence-electron chi connectivity index (χ3n) is 2.48. The second-order valence-electron chi connectivity index (χ2n) is 3.79. The normalized spacial score (nSPS) is 13.7. The summed E-state index contributed by atoms with van der Waals surface area (Å²) in [6.45, 7) is 2.26.